The number of nitrogens with two attached hydrogens (primary N) is 2. The molecule has 1 rings (SSSR count). The van der Waals surface area contributed by atoms with Crippen molar-refractivity contribution in [3.63, 3.8) is 0 Å². The molecule has 5 N–H and O–H groups in total. The molecule has 0 fully saturated rings. The number of rotatable bonds is 4. The minimum atomic E-state index is -0.467. The molecule has 0 aliphatic carbocycles. The van der Waals surface area contributed by atoms with Crippen LogP contribution in [0.25, 0.3) is 0 Å². The van der Waals surface area contributed by atoms with Crippen LogP contribution >= 0.6 is 12.4 Å². The van der Waals surface area contributed by atoms with E-state index in [1.165, 1.54) is 0 Å². The van der Waals surface area contributed by atoms with E-state index in [0.717, 1.165) is 5.56 Å². The van der Waals surface area contributed by atoms with Crippen molar-refractivity contribution in [2.45, 2.75) is 12.5 Å². The van der Waals surface area contributed by atoms with Crippen molar-refractivity contribution in [2.75, 3.05) is 6.61 Å². The van der Waals surface area contributed by atoms with Crippen molar-refractivity contribution < 1.29 is 9.90 Å². The summed E-state index contributed by atoms with van der Waals surface area (Å²) >= 11 is 0. The van der Waals surface area contributed by atoms with Crippen LogP contribution in [0.5, 0.6) is 0 Å². The maximum atomic E-state index is 11.0. The van der Waals surface area contributed by atoms with E-state index in [1.54, 1.807) is 18.2 Å². The van der Waals surface area contributed by atoms with Crippen LogP contribution in [-0.4, -0.2) is 23.7 Å². The number of hydrogen-bond donors (Lipinski definition) is 3. The van der Waals surface area contributed by atoms with E-state index in [1.807, 2.05) is 6.07 Å². The second kappa shape index (κ2) is 6.40. The van der Waals surface area contributed by atoms with Gasteiger partial charge in [0.05, 0.1) is 6.61 Å². The first kappa shape index (κ1) is 13.9. The molecule has 0 bridgehead atoms. The largest absolute Gasteiger partial charge is 0.395 e. The lowest BCUT2D eigenvalue weighted by molar-refractivity contribution is 0.0999. The van der Waals surface area contributed by atoms with Crippen molar-refractivity contribution in [3.8, 4) is 0 Å². The fourth-order valence-corrected chi connectivity index (χ4v) is 1.29. The Morgan fingerprint density at radius 3 is 2.53 bits per heavy atom. The van der Waals surface area contributed by atoms with Gasteiger partial charge >= 0.3 is 0 Å². The van der Waals surface area contributed by atoms with Gasteiger partial charge in [0.25, 0.3) is 0 Å². The molecule has 84 valence electrons. The van der Waals surface area contributed by atoms with Crippen LogP contribution in [0.4, 0.5) is 0 Å². The first-order chi connectivity index (χ1) is 6.65. The number of hydrogen-bond acceptors (Lipinski definition) is 3. The van der Waals surface area contributed by atoms with Crippen LogP contribution in [0.1, 0.15) is 15.9 Å². The molecular weight excluding hydrogens is 216 g/mol. The first-order valence-electron chi connectivity index (χ1n) is 4.39. The first-order valence-corrected chi connectivity index (χ1v) is 4.39. The minimum absolute atomic E-state index is 0. The van der Waals surface area contributed by atoms with Gasteiger partial charge in [0.2, 0.25) is 5.91 Å². The maximum absolute atomic E-state index is 11.0. The Labute approximate surface area is 94.7 Å². The third-order valence-electron chi connectivity index (χ3n) is 2.00. The Morgan fingerprint density at radius 2 is 2.00 bits per heavy atom. The normalized spacial score (nSPS) is 11.6. The number of aliphatic hydroxyl groups excluding tert-OH is 1. The summed E-state index contributed by atoms with van der Waals surface area (Å²) in [6.45, 7) is -0.104. The van der Waals surface area contributed by atoms with E-state index < -0.39 is 5.91 Å². The number of aliphatic hydroxyl groups is 1. The second-order valence-corrected chi connectivity index (χ2v) is 3.17. The smallest absolute Gasteiger partial charge is 0.248 e. The van der Waals surface area contributed by atoms with E-state index in [0.29, 0.717) is 12.0 Å². The van der Waals surface area contributed by atoms with E-state index >= 15 is 0 Å². The summed E-state index contributed by atoms with van der Waals surface area (Å²) in [5.41, 5.74) is 12.0. The second-order valence-electron chi connectivity index (χ2n) is 3.17. The third-order valence-corrected chi connectivity index (χ3v) is 2.00. The Kier molecular flexibility index (Phi) is 5.93. The summed E-state index contributed by atoms with van der Waals surface area (Å²) in [7, 11) is 0. The quantitative estimate of drug-likeness (QED) is 0.684. The highest BCUT2D eigenvalue weighted by Gasteiger charge is 2.09. The van der Waals surface area contributed by atoms with E-state index in [2.05, 4.69) is 0 Å². The molecule has 1 aromatic rings. The predicted molar refractivity (Wildman–Crippen MR) is 61.0 cm³/mol. The van der Waals surface area contributed by atoms with Crippen molar-refractivity contribution in [2.24, 2.45) is 11.5 Å². The molecule has 0 heterocycles. The van der Waals surface area contributed by atoms with Gasteiger partial charge in [0.15, 0.2) is 0 Å². The van der Waals surface area contributed by atoms with Gasteiger partial charge in [-0.1, -0.05) is 18.2 Å². The Hall–Kier alpha value is -1.10. The average molecular weight is 231 g/mol. The Morgan fingerprint density at radius 1 is 1.40 bits per heavy atom. The van der Waals surface area contributed by atoms with Gasteiger partial charge in [-0.05, 0) is 18.1 Å². The standard InChI is InChI=1S/C10H14N2O2.ClH/c11-8(6-13)5-7-3-1-2-4-9(7)10(12)14;/h1-4,8,13H,5-6,11H2,(H2,12,14);1H/t8-;/m0./s1. The lowest BCUT2D eigenvalue weighted by Crippen LogP contribution is -2.28. The van der Waals surface area contributed by atoms with E-state index in [4.69, 9.17) is 16.6 Å². The summed E-state index contributed by atoms with van der Waals surface area (Å²) in [4.78, 5) is 11.0. The van der Waals surface area contributed by atoms with Crippen LogP contribution in [0.15, 0.2) is 24.3 Å². The number of amides is 1. The molecular formula is C10H15ClN2O2. The van der Waals surface area contributed by atoms with Crippen molar-refractivity contribution in [1.29, 1.82) is 0 Å². The van der Waals surface area contributed by atoms with Crippen LogP contribution in [0.3, 0.4) is 0 Å². The summed E-state index contributed by atoms with van der Waals surface area (Å²) in [5.74, 6) is -0.467. The molecule has 1 atom stereocenters. The molecule has 0 saturated carbocycles. The van der Waals surface area contributed by atoms with Gasteiger partial charge in [-0.3, -0.25) is 4.79 Å². The fraction of sp³-hybridized carbons (Fsp3) is 0.300. The molecule has 15 heavy (non-hydrogen) atoms. The Bertz CT molecular complexity index is 331. The van der Waals surface area contributed by atoms with E-state index in [-0.39, 0.29) is 25.1 Å². The van der Waals surface area contributed by atoms with Gasteiger partial charge in [-0.15, -0.1) is 12.4 Å². The lowest BCUT2D eigenvalue weighted by Gasteiger charge is -2.10. The molecule has 0 unspecified atom stereocenters. The highest BCUT2D eigenvalue weighted by atomic mass is 35.5. The molecule has 1 amide bonds. The molecule has 0 saturated heterocycles. The van der Waals surface area contributed by atoms with Gasteiger partial charge < -0.3 is 16.6 Å². The molecule has 4 nitrogen and oxygen atoms in total. The zero-order valence-corrected chi connectivity index (χ0v) is 9.04. The molecule has 0 aromatic heterocycles. The lowest BCUT2D eigenvalue weighted by atomic mass is 10.0. The summed E-state index contributed by atoms with van der Waals surface area (Å²) in [6.07, 6.45) is 0.454. The highest BCUT2D eigenvalue weighted by molar-refractivity contribution is 5.94. The zero-order chi connectivity index (χ0) is 10.6. The number of benzene rings is 1. The average Bonchev–Trinajstić information content (AvgIpc) is 2.18. The summed E-state index contributed by atoms with van der Waals surface area (Å²) in [5, 5.41) is 8.78. The van der Waals surface area contributed by atoms with Crippen molar-refractivity contribution in [3.05, 3.63) is 35.4 Å². The molecule has 5 heteroatoms. The fourth-order valence-electron chi connectivity index (χ4n) is 1.29. The molecule has 0 spiro atoms. The van der Waals surface area contributed by atoms with Crippen molar-refractivity contribution >= 4 is 18.3 Å². The number of primary amides is 1. The van der Waals surface area contributed by atoms with Crippen LogP contribution in [0.2, 0.25) is 0 Å². The molecule has 0 aliphatic rings. The van der Waals surface area contributed by atoms with Gasteiger partial charge in [0, 0.05) is 11.6 Å². The monoisotopic (exact) mass is 230 g/mol. The van der Waals surface area contributed by atoms with Gasteiger partial charge in [-0.2, -0.15) is 0 Å². The van der Waals surface area contributed by atoms with Crippen molar-refractivity contribution in [1.82, 2.24) is 0 Å². The summed E-state index contributed by atoms with van der Waals surface area (Å²) < 4.78 is 0. The van der Waals surface area contributed by atoms with Crippen LogP contribution < -0.4 is 11.5 Å². The molecule has 0 aliphatic heterocycles. The SMILES string of the molecule is Cl.NC(=O)c1ccccc1C[C@H](N)CO. The topological polar surface area (TPSA) is 89.3 Å². The van der Waals surface area contributed by atoms with E-state index in [9.17, 15) is 4.79 Å². The number of carbonyl (C=O) groups is 1. The highest BCUT2D eigenvalue weighted by Crippen LogP contribution is 2.09. The predicted octanol–water partition coefficient (Wildman–Crippen LogP) is 0.0694. The summed E-state index contributed by atoms with van der Waals surface area (Å²) in [6, 6.07) is 6.65. The third kappa shape index (κ3) is 3.87. The number of halogens is 1. The zero-order valence-electron chi connectivity index (χ0n) is 8.22. The number of carbonyl (C=O) groups excluding carboxylic acids is 1. The maximum Gasteiger partial charge on any atom is 0.248 e. The van der Waals surface area contributed by atoms with Crippen LogP contribution in [-0.2, 0) is 6.42 Å². The van der Waals surface area contributed by atoms with Crippen LogP contribution in [0, 0.1) is 0 Å². The molecule has 0 radical (unpaired) electrons. The molecule has 1 aromatic carbocycles. The minimum Gasteiger partial charge on any atom is -0.395 e. The van der Waals surface area contributed by atoms with Gasteiger partial charge in [0.1, 0.15) is 0 Å². The van der Waals surface area contributed by atoms with Gasteiger partial charge in [-0.25, -0.2) is 0 Å². The Balaban J connectivity index is 0.00000196.